The fraction of sp³-hybridized carbons (Fsp3) is 0.158. The minimum atomic E-state index is -1.01. The van der Waals surface area contributed by atoms with Crippen LogP contribution in [-0.4, -0.2) is 20.6 Å². The molecule has 116 valence electrons. The lowest BCUT2D eigenvalue weighted by Gasteiger charge is -2.18. The zero-order valence-electron chi connectivity index (χ0n) is 13.1. The molecule has 0 saturated heterocycles. The van der Waals surface area contributed by atoms with E-state index in [0.29, 0.717) is 5.69 Å². The standard InChI is InChI=1S/C19H18N2O2/c1-13-8-6-7-11-16(13)18-17(19(22)23)20-12-21(18)14(2)15-9-4-3-5-10-15/h3-12,14H,1-2H3,(H,22,23)/t14-/m0/s1. The molecule has 0 fully saturated rings. The highest BCUT2D eigenvalue weighted by molar-refractivity contribution is 5.93. The molecule has 23 heavy (non-hydrogen) atoms. The SMILES string of the molecule is Cc1ccccc1-c1c(C(=O)O)ncn1[C@@H](C)c1ccccc1. The summed E-state index contributed by atoms with van der Waals surface area (Å²) in [6, 6.07) is 17.8. The van der Waals surface area contributed by atoms with Crippen LogP contribution in [0, 0.1) is 6.92 Å². The second-order valence-electron chi connectivity index (χ2n) is 5.56. The Morgan fingerprint density at radius 2 is 1.74 bits per heavy atom. The van der Waals surface area contributed by atoms with Gasteiger partial charge in [0.05, 0.1) is 18.1 Å². The number of hydrogen-bond donors (Lipinski definition) is 1. The number of carbonyl (C=O) groups is 1. The van der Waals surface area contributed by atoms with Gasteiger partial charge >= 0.3 is 5.97 Å². The summed E-state index contributed by atoms with van der Waals surface area (Å²) < 4.78 is 1.93. The van der Waals surface area contributed by atoms with Gasteiger partial charge in [0.25, 0.3) is 0 Å². The highest BCUT2D eigenvalue weighted by atomic mass is 16.4. The number of benzene rings is 2. The van der Waals surface area contributed by atoms with Crippen LogP contribution < -0.4 is 0 Å². The Labute approximate surface area is 135 Å². The minimum absolute atomic E-state index is 0.00796. The molecular weight excluding hydrogens is 288 g/mol. The van der Waals surface area contributed by atoms with Crippen LogP contribution in [0.15, 0.2) is 60.9 Å². The van der Waals surface area contributed by atoms with Crippen molar-refractivity contribution < 1.29 is 9.90 Å². The fourth-order valence-corrected chi connectivity index (χ4v) is 2.81. The molecule has 0 aliphatic carbocycles. The first-order valence-electron chi connectivity index (χ1n) is 7.50. The molecule has 3 rings (SSSR count). The van der Waals surface area contributed by atoms with E-state index in [0.717, 1.165) is 16.7 Å². The Kier molecular flexibility index (Phi) is 3.98. The third kappa shape index (κ3) is 2.75. The number of imidazole rings is 1. The van der Waals surface area contributed by atoms with E-state index < -0.39 is 5.97 Å². The lowest BCUT2D eigenvalue weighted by molar-refractivity contribution is 0.0692. The topological polar surface area (TPSA) is 55.1 Å². The second-order valence-corrected chi connectivity index (χ2v) is 5.56. The highest BCUT2D eigenvalue weighted by Gasteiger charge is 2.22. The zero-order valence-corrected chi connectivity index (χ0v) is 13.1. The van der Waals surface area contributed by atoms with Crippen LogP contribution >= 0.6 is 0 Å². The van der Waals surface area contributed by atoms with Crippen molar-refractivity contribution in [2.24, 2.45) is 0 Å². The third-order valence-electron chi connectivity index (χ3n) is 4.10. The largest absolute Gasteiger partial charge is 0.476 e. The van der Waals surface area contributed by atoms with Gasteiger partial charge in [0, 0.05) is 5.56 Å². The zero-order chi connectivity index (χ0) is 16.4. The summed E-state index contributed by atoms with van der Waals surface area (Å²) in [5.41, 5.74) is 3.76. The predicted molar refractivity (Wildman–Crippen MR) is 89.6 cm³/mol. The Morgan fingerprint density at radius 3 is 2.39 bits per heavy atom. The van der Waals surface area contributed by atoms with Crippen molar-refractivity contribution in [2.45, 2.75) is 19.9 Å². The van der Waals surface area contributed by atoms with Gasteiger partial charge in [0.1, 0.15) is 0 Å². The van der Waals surface area contributed by atoms with Crippen molar-refractivity contribution in [1.82, 2.24) is 9.55 Å². The molecule has 1 N–H and O–H groups in total. The Balaban J connectivity index is 2.20. The van der Waals surface area contributed by atoms with Crippen molar-refractivity contribution in [1.29, 1.82) is 0 Å². The lowest BCUT2D eigenvalue weighted by atomic mass is 10.0. The molecule has 1 aromatic heterocycles. The highest BCUT2D eigenvalue weighted by Crippen LogP contribution is 2.31. The number of hydrogen-bond acceptors (Lipinski definition) is 2. The molecule has 1 heterocycles. The number of rotatable bonds is 4. The molecule has 0 amide bonds. The van der Waals surface area contributed by atoms with Crippen molar-refractivity contribution in [3.63, 3.8) is 0 Å². The molecule has 0 spiro atoms. The van der Waals surface area contributed by atoms with Gasteiger partial charge in [-0.25, -0.2) is 9.78 Å². The summed E-state index contributed by atoms with van der Waals surface area (Å²) in [6.45, 7) is 4.02. The summed E-state index contributed by atoms with van der Waals surface area (Å²) in [5.74, 6) is -1.01. The molecule has 4 nitrogen and oxygen atoms in total. The van der Waals surface area contributed by atoms with Gasteiger partial charge in [-0.1, -0.05) is 54.6 Å². The quantitative estimate of drug-likeness (QED) is 0.787. The average Bonchev–Trinajstić information content (AvgIpc) is 3.00. The first kappa shape index (κ1) is 15.0. The molecule has 4 heteroatoms. The van der Waals surface area contributed by atoms with E-state index >= 15 is 0 Å². The number of aromatic nitrogens is 2. The van der Waals surface area contributed by atoms with Crippen molar-refractivity contribution in [3.8, 4) is 11.3 Å². The van der Waals surface area contributed by atoms with Gasteiger partial charge < -0.3 is 9.67 Å². The smallest absolute Gasteiger partial charge is 0.356 e. The van der Waals surface area contributed by atoms with E-state index in [1.165, 1.54) is 0 Å². The number of carboxylic acids is 1. The second kappa shape index (κ2) is 6.08. The molecule has 1 atom stereocenters. The first-order valence-corrected chi connectivity index (χ1v) is 7.50. The van der Waals surface area contributed by atoms with Crippen LogP contribution in [0.2, 0.25) is 0 Å². The number of nitrogens with zero attached hydrogens (tertiary/aromatic N) is 2. The van der Waals surface area contributed by atoms with E-state index in [1.54, 1.807) is 6.33 Å². The Morgan fingerprint density at radius 1 is 1.09 bits per heavy atom. The van der Waals surface area contributed by atoms with Gasteiger partial charge in [0.15, 0.2) is 5.69 Å². The first-order chi connectivity index (χ1) is 11.1. The maximum Gasteiger partial charge on any atom is 0.356 e. The minimum Gasteiger partial charge on any atom is -0.476 e. The average molecular weight is 306 g/mol. The molecule has 0 saturated carbocycles. The van der Waals surface area contributed by atoms with Crippen LogP contribution in [0.5, 0.6) is 0 Å². The van der Waals surface area contributed by atoms with E-state index in [2.05, 4.69) is 4.98 Å². The van der Waals surface area contributed by atoms with E-state index in [4.69, 9.17) is 0 Å². The summed E-state index contributed by atoms with van der Waals surface area (Å²) >= 11 is 0. The Bertz CT molecular complexity index is 838. The van der Waals surface area contributed by atoms with Crippen molar-refractivity contribution in [2.75, 3.05) is 0 Å². The van der Waals surface area contributed by atoms with Gasteiger partial charge in [0.2, 0.25) is 0 Å². The monoisotopic (exact) mass is 306 g/mol. The molecule has 0 radical (unpaired) electrons. The van der Waals surface area contributed by atoms with Gasteiger partial charge in [-0.05, 0) is 25.0 Å². The third-order valence-corrected chi connectivity index (χ3v) is 4.10. The van der Waals surface area contributed by atoms with Crippen LogP contribution in [0.3, 0.4) is 0 Å². The van der Waals surface area contributed by atoms with E-state index in [9.17, 15) is 9.90 Å². The van der Waals surface area contributed by atoms with Crippen molar-refractivity contribution >= 4 is 5.97 Å². The summed E-state index contributed by atoms with van der Waals surface area (Å²) in [6.07, 6.45) is 1.61. The van der Waals surface area contributed by atoms with Crippen LogP contribution in [0.1, 0.15) is 34.6 Å². The fourth-order valence-electron chi connectivity index (χ4n) is 2.81. The molecule has 0 aliphatic heterocycles. The number of carboxylic acid groups (broad SMARTS) is 1. The number of aryl methyl sites for hydroxylation is 1. The molecule has 0 unspecified atom stereocenters. The molecular formula is C19H18N2O2. The van der Waals surface area contributed by atoms with Crippen LogP contribution in [-0.2, 0) is 0 Å². The maximum absolute atomic E-state index is 11.6. The van der Waals surface area contributed by atoms with E-state index in [-0.39, 0.29) is 11.7 Å². The maximum atomic E-state index is 11.6. The predicted octanol–water partition coefficient (Wildman–Crippen LogP) is 4.17. The van der Waals surface area contributed by atoms with Gasteiger partial charge in [-0.3, -0.25) is 0 Å². The van der Waals surface area contributed by atoms with Crippen molar-refractivity contribution in [3.05, 3.63) is 77.7 Å². The molecule has 2 aromatic carbocycles. The Hall–Kier alpha value is -2.88. The van der Waals surface area contributed by atoms with Crippen LogP contribution in [0.4, 0.5) is 0 Å². The summed E-state index contributed by atoms with van der Waals surface area (Å²) in [4.78, 5) is 15.7. The molecule has 3 aromatic rings. The summed E-state index contributed by atoms with van der Waals surface area (Å²) in [5, 5.41) is 9.51. The summed E-state index contributed by atoms with van der Waals surface area (Å²) in [7, 11) is 0. The van der Waals surface area contributed by atoms with E-state index in [1.807, 2.05) is 73.0 Å². The molecule has 0 bridgehead atoms. The molecule has 0 aliphatic rings. The lowest BCUT2D eigenvalue weighted by Crippen LogP contribution is -2.09. The van der Waals surface area contributed by atoms with Gasteiger partial charge in [-0.15, -0.1) is 0 Å². The van der Waals surface area contributed by atoms with Gasteiger partial charge in [-0.2, -0.15) is 0 Å². The number of aromatic carboxylic acids is 1. The van der Waals surface area contributed by atoms with Crippen LogP contribution in [0.25, 0.3) is 11.3 Å². The normalized spacial score (nSPS) is 12.1.